The predicted molar refractivity (Wildman–Crippen MR) is 76.0 cm³/mol. The van der Waals surface area contributed by atoms with Crippen LogP contribution in [0.4, 0.5) is 0 Å². The monoisotopic (exact) mass is 297 g/mol. The third-order valence-electron chi connectivity index (χ3n) is 2.49. The molecule has 1 N–H and O–H groups in total. The van der Waals surface area contributed by atoms with E-state index < -0.39 is 10.0 Å². The molecule has 0 aliphatic heterocycles. The van der Waals surface area contributed by atoms with Gasteiger partial charge >= 0.3 is 0 Å². The zero-order chi connectivity index (χ0) is 13.7. The van der Waals surface area contributed by atoms with Crippen LogP contribution in [-0.2, 0) is 16.6 Å². The molecular weight excluding hydrogens is 282 g/mol. The van der Waals surface area contributed by atoms with Crippen molar-refractivity contribution in [3.05, 3.63) is 46.7 Å². The van der Waals surface area contributed by atoms with Crippen LogP contribution in [0.15, 0.2) is 46.0 Å². The standard InChI is InChI=1S/C13H15NO3S2/c1-2-17-12-3-5-13(6-4-12)19(15,16)14-9-11-7-8-18-10-11/h3-8,10,14H,2,9H2,1H3. The minimum absolute atomic E-state index is 0.242. The second kappa shape index (κ2) is 6.18. The average Bonchev–Trinajstić information content (AvgIpc) is 2.91. The van der Waals surface area contributed by atoms with Crippen molar-refractivity contribution in [3.8, 4) is 5.75 Å². The Balaban J connectivity index is 2.06. The van der Waals surface area contributed by atoms with E-state index in [1.54, 1.807) is 35.6 Å². The summed E-state index contributed by atoms with van der Waals surface area (Å²) in [6.07, 6.45) is 0. The molecule has 0 bridgehead atoms. The van der Waals surface area contributed by atoms with Crippen molar-refractivity contribution < 1.29 is 13.2 Å². The van der Waals surface area contributed by atoms with E-state index in [0.29, 0.717) is 18.9 Å². The molecule has 0 atom stereocenters. The first-order chi connectivity index (χ1) is 9.12. The highest BCUT2D eigenvalue weighted by Gasteiger charge is 2.13. The zero-order valence-corrected chi connectivity index (χ0v) is 12.1. The molecule has 102 valence electrons. The highest BCUT2D eigenvalue weighted by atomic mass is 32.2. The molecule has 6 heteroatoms. The number of nitrogens with one attached hydrogen (secondary N) is 1. The molecule has 2 aromatic rings. The van der Waals surface area contributed by atoms with Crippen LogP contribution in [0.1, 0.15) is 12.5 Å². The van der Waals surface area contributed by atoms with Crippen LogP contribution in [0.2, 0.25) is 0 Å². The zero-order valence-electron chi connectivity index (χ0n) is 10.5. The largest absolute Gasteiger partial charge is 0.494 e. The van der Waals surface area contributed by atoms with E-state index in [1.165, 1.54) is 0 Å². The van der Waals surface area contributed by atoms with Crippen LogP contribution in [0.3, 0.4) is 0 Å². The lowest BCUT2D eigenvalue weighted by Gasteiger charge is -2.07. The quantitative estimate of drug-likeness (QED) is 0.891. The Morgan fingerprint density at radius 2 is 1.95 bits per heavy atom. The molecule has 0 saturated heterocycles. The highest BCUT2D eigenvalue weighted by Crippen LogP contribution is 2.16. The Labute approximate surface area is 117 Å². The minimum Gasteiger partial charge on any atom is -0.494 e. The minimum atomic E-state index is -3.47. The molecule has 2 rings (SSSR count). The first-order valence-electron chi connectivity index (χ1n) is 5.85. The van der Waals surface area contributed by atoms with Gasteiger partial charge in [-0.05, 0) is 53.6 Å². The van der Waals surface area contributed by atoms with Gasteiger partial charge in [-0.3, -0.25) is 0 Å². The van der Waals surface area contributed by atoms with Gasteiger partial charge in [0.25, 0.3) is 0 Å². The van der Waals surface area contributed by atoms with Gasteiger partial charge < -0.3 is 4.74 Å². The summed E-state index contributed by atoms with van der Waals surface area (Å²) < 4.78 is 31.9. The topological polar surface area (TPSA) is 55.4 Å². The smallest absolute Gasteiger partial charge is 0.240 e. The molecule has 1 aromatic carbocycles. The van der Waals surface area contributed by atoms with Gasteiger partial charge in [-0.1, -0.05) is 0 Å². The van der Waals surface area contributed by atoms with Gasteiger partial charge in [0.05, 0.1) is 11.5 Å². The Bertz CT molecular complexity index is 604. The van der Waals surface area contributed by atoms with Gasteiger partial charge in [0.1, 0.15) is 5.75 Å². The molecule has 0 radical (unpaired) electrons. The van der Waals surface area contributed by atoms with Gasteiger partial charge in [0.2, 0.25) is 10.0 Å². The molecule has 0 fully saturated rings. The second-order valence-electron chi connectivity index (χ2n) is 3.86. The SMILES string of the molecule is CCOc1ccc(S(=O)(=O)NCc2ccsc2)cc1. The summed E-state index contributed by atoms with van der Waals surface area (Å²) in [5.74, 6) is 0.666. The Kier molecular flexibility index (Phi) is 4.57. The number of hydrogen-bond donors (Lipinski definition) is 1. The van der Waals surface area contributed by atoms with Gasteiger partial charge in [-0.15, -0.1) is 0 Å². The summed E-state index contributed by atoms with van der Waals surface area (Å²) in [4.78, 5) is 0.242. The van der Waals surface area contributed by atoms with Crippen molar-refractivity contribution in [3.63, 3.8) is 0 Å². The van der Waals surface area contributed by atoms with Crippen molar-refractivity contribution in [2.75, 3.05) is 6.61 Å². The first kappa shape index (κ1) is 14.0. The van der Waals surface area contributed by atoms with E-state index in [1.807, 2.05) is 23.8 Å². The summed E-state index contributed by atoms with van der Waals surface area (Å²) in [7, 11) is -3.47. The van der Waals surface area contributed by atoms with Crippen LogP contribution in [-0.4, -0.2) is 15.0 Å². The molecule has 1 heterocycles. The molecule has 1 aromatic heterocycles. The van der Waals surface area contributed by atoms with Gasteiger partial charge in [-0.2, -0.15) is 11.3 Å². The third-order valence-corrected chi connectivity index (χ3v) is 4.64. The van der Waals surface area contributed by atoms with Crippen LogP contribution in [0.25, 0.3) is 0 Å². The van der Waals surface area contributed by atoms with E-state index in [4.69, 9.17) is 4.74 Å². The van der Waals surface area contributed by atoms with Crippen LogP contribution < -0.4 is 9.46 Å². The van der Waals surface area contributed by atoms with Crippen molar-refractivity contribution in [1.82, 2.24) is 4.72 Å². The fourth-order valence-corrected chi connectivity index (χ4v) is 3.22. The number of hydrogen-bond acceptors (Lipinski definition) is 4. The molecule has 0 unspecified atom stereocenters. The van der Waals surface area contributed by atoms with Crippen LogP contribution >= 0.6 is 11.3 Å². The Hall–Kier alpha value is -1.37. The summed E-state index contributed by atoms with van der Waals surface area (Å²) in [5, 5.41) is 3.83. The Morgan fingerprint density at radius 1 is 1.21 bits per heavy atom. The van der Waals surface area contributed by atoms with Crippen molar-refractivity contribution >= 4 is 21.4 Å². The van der Waals surface area contributed by atoms with Crippen molar-refractivity contribution in [1.29, 1.82) is 0 Å². The highest BCUT2D eigenvalue weighted by molar-refractivity contribution is 7.89. The predicted octanol–water partition coefficient (Wildman–Crippen LogP) is 2.63. The number of rotatable bonds is 6. The average molecular weight is 297 g/mol. The number of benzene rings is 1. The summed E-state index contributed by atoms with van der Waals surface area (Å²) in [5.41, 5.74) is 0.958. The lowest BCUT2D eigenvalue weighted by Crippen LogP contribution is -2.22. The van der Waals surface area contributed by atoms with E-state index in [0.717, 1.165) is 5.56 Å². The maximum absolute atomic E-state index is 12.0. The van der Waals surface area contributed by atoms with Gasteiger partial charge in [0.15, 0.2) is 0 Å². The first-order valence-corrected chi connectivity index (χ1v) is 8.28. The van der Waals surface area contributed by atoms with Gasteiger partial charge in [-0.25, -0.2) is 13.1 Å². The molecule has 19 heavy (non-hydrogen) atoms. The number of ether oxygens (including phenoxy) is 1. The van der Waals surface area contributed by atoms with E-state index >= 15 is 0 Å². The second-order valence-corrected chi connectivity index (χ2v) is 6.41. The number of thiophene rings is 1. The molecule has 0 aliphatic carbocycles. The molecular formula is C13H15NO3S2. The maximum Gasteiger partial charge on any atom is 0.240 e. The van der Waals surface area contributed by atoms with Crippen LogP contribution in [0, 0.1) is 0 Å². The van der Waals surface area contributed by atoms with E-state index in [2.05, 4.69) is 4.72 Å². The fraction of sp³-hybridized carbons (Fsp3) is 0.231. The Morgan fingerprint density at radius 3 is 2.53 bits per heavy atom. The molecule has 0 spiro atoms. The molecule has 0 aliphatic rings. The fourth-order valence-electron chi connectivity index (χ4n) is 1.54. The van der Waals surface area contributed by atoms with E-state index in [9.17, 15) is 8.42 Å². The van der Waals surface area contributed by atoms with Crippen molar-refractivity contribution in [2.45, 2.75) is 18.4 Å². The normalized spacial score (nSPS) is 11.4. The molecule has 0 saturated carbocycles. The lowest BCUT2D eigenvalue weighted by molar-refractivity contribution is 0.340. The van der Waals surface area contributed by atoms with Gasteiger partial charge in [0, 0.05) is 6.54 Å². The summed E-state index contributed by atoms with van der Waals surface area (Å²) in [6.45, 7) is 2.74. The molecule has 0 amide bonds. The molecule has 4 nitrogen and oxygen atoms in total. The third kappa shape index (κ3) is 3.79. The number of sulfonamides is 1. The summed E-state index contributed by atoms with van der Waals surface area (Å²) in [6, 6.07) is 8.29. The summed E-state index contributed by atoms with van der Waals surface area (Å²) >= 11 is 1.54. The van der Waals surface area contributed by atoms with E-state index in [-0.39, 0.29) is 4.90 Å². The lowest BCUT2D eigenvalue weighted by atomic mass is 10.3. The van der Waals surface area contributed by atoms with Crippen LogP contribution in [0.5, 0.6) is 5.75 Å². The van der Waals surface area contributed by atoms with Crippen molar-refractivity contribution in [2.24, 2.45) is 0 Å². The maximum atomic E-state index is 12.0.